The summed E-state index contributed by atoms with van der Waals surface area (Å²) in [6.45, 7) is 0. The number of carboxylic acid groups (broad SMARTS) is 1. The number of aromatic nitrogens is 2. The van der Waals surface area contributed by atoms with E-state index in [0.717, 1.165) is 21.7 Å². The Kier molecular flexibility index (Phi) is 4.79. The van der Waals surface area contributed by atoms with E-state index in [1.54, 1.807) is 18.2 Å². The minimum absolute atomic E-state index is 0.148. The molecule has 0 amide bonds. The van der Waals surface area contributed by atoms with Crippen molar-refractivity contribution in [3.8, 4) is 11.3 Å². The van der Waals surface area contributed by atoms with Crippen molar-refractivity contribution in [2.24, 2.45) is 0 Å². The molecule has 4 rings (SSSR count). The minimum atomic E-state index is -4.38. The van der Waals surface area contributed by atoms with Crippen molar-refractivity contribution in [1.29, 1.82) is 0 Å². The number of thiophene rings is 1. The van der Waals surface area contributed by atoms with Gasteiger partial charge in [0.15, 0.2) is 0 Å². The van der Waals surface area contributed by atoms with E-state index in [0.29, 0.717) is 28.8 Å². The number of fused-ring (bicyclic) bond motifs is 1. The molecule has 2 heterocycles. The molecule has 8 heteroatoms. The Bertz CT molecular complexity index is 1220. The highest BCUT2D eigenvalue weighted by molar-refractivity contribution is 7.19. The highest BCUT2D eigenvalue weighted by Gasteiger charge is 2.30. The monoisotopic (exact) mass is 414 g/mol. The lowest BCUT2D eigenvalue weighted by Crippen LogP contribution is -2.05. The molecule has 0 saturated carbocycles. The van der Waals surface area contributed by atoms with Crippen molar-refractivity contribution >= 4 is 27.5 Å². The SMILES string of the molecule is O=C(O)c1cccc(-c2ncnc3cc(Cc4cccc(C(F)(F)F)c4)sc23)c1. The van der Waals surface area contributed by atoms with Gasteiger partial charge >= 0.3 is 12.1 Å². The first-order chi connectivity index (χ1) is 13.8. The number of hydrogen-bond acceptors (Lipinski definition) is 4. The Morgan fingerprint density at radius 1 is 1.03 bits per heavy atom. The lowest BCUT2D eigenvalue weighted by atomic mass is 10.1. The van der Waals surface area contributed by atoms with Crippen molar-refractivity contribution in [2.45, 2.75) is 12.6 Å². The molecule has 4 nitrogen and oxygen atoms in total. The fourth-order valence-corrected chi connectivity index (χ4v) is 4.21. The van der Waals surface area contributed by atoms with Gasteiger partial charge in [0.1, 0.15) is 6.33 Å². The third-order valence-electron chi connectivity index (χ3n) is 4.38. The highest BCUT2D eigenvalue weighted by atomic mass is 32.1. The van der Waals surface area contributed by atoms with Gasteiger partial charge in [-0.3, -0.25) is 0 Å². The molecule has 2 aromatic heterocycles. The number of alkyl halides is 3. The van der Waals surface area contributed by atoms with Gasteiger partial charge in [0.05, 0.1) is 27.0 Å². The smallest absolute Gasteiger partial charge is 0.416 e. The van der Waals surface area contributed by atoms with E-state index in [9.17, 15) is 23.1 Å². The second-order valence-electron chi connectivity index (χ2n) is 6.41. The van der Waals surface area contributed by atoms with E-state index in [2.05, 4.69) is 9.97 Å². The highest BCUT2D eigenvalue weighted by Crippen LogP contribution is 2.34. The summed E-state index contributed by atoms with van der Waals surface area (Å²) in [4.78, 5) is 20.6. The van der Waals surface area contributed by atoms with Gasteiger partial charge < -0.3 is 5.11 Å². The number of carboxylic acids is 1. The second-order valence-corrected chi connectivity index (χ2v) is 7.55. The van der Waals surface area contributed by atoms with Crippen molar-refractivity contribution < 1.29 is 23.1 Å². The first-order valence-corrected chi connectivity index (χ1v) is 9.36. The maximum absolute atomic E-state index is 12.9. The summed E-state index contributed by atoms with van der Waals surface area (Å²) in [6, 6.07) is 13.5. The summed E-state index contributed by atoms with van der Waals surface area (Å²) in [6.07, 6.45) is -2.66. The van der Waals surface area contributed by atoms with E-state index in [1.165, 1.54) is 35.9 Å². The number of hydrogen-bond donors (Lipinski definition) is 1. The van der Waals surface area contributed by atoms with Crippen LogP contribution in [-0.2, 0) is 12.6 Å². The standard InChI is InChI=1S/C21H13F3N2O2S/c22-21(23,24)15-6-1-3-12(7-15)8-16-10-17-19(29-16)18(26-11-25-17)13-4-2-5-14(9-13)20(27)28/h1-7,9-11H,8H2,(H,27,28). The average molecular weight is 414 g/mol. The summed E-state index contributed by atoms with van der Waals surface area (Å²) >= 11 is 1.39. The minimum Gasteiger partial charge on any atom is -0.478 e. The van der Waals surface area contributed by atoms with E-state index in [-0.39, 0.29) is 5.56 Å². The zero-order valence-corrected chi connectivity index (χ0v) is 15.6. The lowest BCUT2D eigenvalue weighted by molar-refractivity contribution is -0.137. The molecule has 0 unspecified atom stereocenters. The van der Waals surface area contributed by atoms with Crippen LogP contribution >= 0.6 is 11.3 Å². The van der Waals surface area contributed by atoms with Crippen LogP contribution in [0.4, 0.5) is 13.2 Å². The molecule has 0 saturated heterocycles. The van der Waals surface area contributed by atoms with Gasteiger partial charge in [-0.25, -0.2) is 14.8 Å². The fraction of sp³-hybridized carbons (Fsp3) is 0.0952. The molecule has 0 radical (unpaired) electrons. The third-order valence-corrected chi connectivity index (χ3v) is 5.51. The molecule has 29 heavy (non-hydrogen) atoms. The predicted octanol–water partition coefficient (Wildman–Crippen LogP) is 5.67. The molecule has 0 bridgehead atoms. The van der Waals surface area contributed by atoms with Crippen LogP contribution in [0.5, 0.6) is 0 Å². The molecule has 1 N–H and O–H groups in total. The van der Waals surface area contributed by atoms with Gasteiger partial charge in [-0.15, -0.1) is 11.3 Å². The summed E-state index contributed by atoms with van der Waals surface area (Å²) in [5.74, 6) is -1.03. The number of rotatable bonds is 4. The van der Waals surface area contributed by atoms with Crippen LogP contribution < -0.4 is 0 Å². The van der Waals surface area contributed by atoms with Gasteiger partial charge in [0.25, 0.3) is 0 Å². The van der Waals surface area contributed by atoms with Crippen LogP contribution in [0.2, 0.25) is 0 Å². The van der Waals surface area contributed by atoms with Crippen molar-refractivity contribution in [2.75, 3.05) is 0 Å². The Morgan fingerprint density at radius 2 is 1.83 bits per heavy atom. The zero-order valence-electron chi connectivity index (χ0n) is 14.8. The van der Waals surface area contributed by atoms with Gasteiger partial charge in [0, 0.05) is 16.9 Å². The van der Waals surface area contributed by atoms with E-state index in [4.69, 9.17) is 0 Å². The van der Waals surface area contributed by atoms with E-state index < -0.39 is 17.7 Å². The molecule has 0 aliphatic carbocycles. The number of carbonyl (C=O) groups is 1. The molecule has 0 aliphatic heterocycles. The third kappa shape index (κ3) is 3.97. The van der Waals surface area contributed by atoms with Crippen LogP contribution in [0.15, 0.2) is 60.9 Å². The van der Waals surface area contributed by atoms with Gasteiger partial charge in [0.2, 0.25) is 0 Å². The van der Waals surface area contributed by atoms with Crippen LogP contribution in [0.25, 0.3) is 21.5 Å². The van der Waals surface area contributed by atoms with Crippen LogP contribution in [0, 0.1) is 0 Å². The first kappa shape index (κ1) is 19.1. The van der Waals surface area contributed by atoms with Crippen molar-refractivity contribution in [1.82, 2.24) is 9.97 Å². The predicted molar refractivity (Wildman–Crippen MR) is 104 cm³/mol. The molecule has 0 spiro atoms. The van der Waals surface area contributed by atoms with Crippen molar-refractivity contribution in [3.05, 3.63) is 82.5 Å². The summed E-state index contributed by atoms with van der Waals surface area (Å²) in [5, 5.41) is 9.21. The Morgan fingerprint density at radius 3 is 2.59 bits per heavy atom. The van der Waals surface area contributed by atoms with Gasteiger partial charge in [-0.2, -0.15) is 13.2 Å². The Hall–Kier alpha value is -3.26. The lowest BCUT2D eigenvalue weighted by Gasteiger charge is -2.08. The van der Waals surface area contributed by atoms with Crippen LogP contribution in [-0.4, -0.2) is 21.0 Å². The summed E-state index contributed by atoms with van der Waals surface area (Å²) in [5.41, 5.74) is 1.93. The molecule has 0 atom stereocenters. The summed E-state index contributed by atoms with van der Waals surface area (Å²) in [7, 11) is 0. The molecule has 146 valence electrons. The topological polar surface area (TPSA) is 63.1 Å². The molecule has 4 aromatic rings. The quantitative estimate of drug-likeness (QED) is 0.468. The number of halogens is 3. The molecular weight excluding hydrogens is 401 g/mol. The first-order valence-electron chi connectivity index (χ1n) is 8.54. The molecular formula is C21H13F3N2O2S. The second kappa shape index (κ2) is 7.29. The van der Waals surface area contributed by atoms with Crippen LogP contribution in [0.1, 0.15) is 26.4 Å². The molecule has 2 aromatic carbocycles. The number of nitrogens with zero attached hydrogens (tertiary/aromatic N) is 2. The molecule has 0 fully saturated rings. The molecule has 0 aliphatic rings. The van der Waals surface area contributed by atoms with E-state index in [1.807, 2.05) is 6.07 Å². The van der Waals surface area contributed by atoms with Crippen molar-refractivity contribution in [3.63, 3.8) is 0 Å². The number of benzene rings is 2. The zero-order chi connectivity index (χ0) is 20.6. The van der Waals surface area contributed by atoms with Gasteiger partial charge in [-0.05, 0) is 29.8 Å². The van der Waals surface area contributed by atoms with E-state index >= 15 is 0 Å². The average Bonchev–Trinajstić information content (AvgIpc) is 3.10. The van der Waals surface area contributed by atoms with Gasteiger partial charge in [-0.1, -0.05) is 30.3 Å². The fourth-order valence-electron chi connectivity index (χ4n) is 3.05. The largest absolute Gasteiger partial charge is 0.478 e. The summed E-state index contributed by atoms with van der Waals surface area (Å²) < 4.78 is 39.6. The Balaban J connectivity index is 1.72. The Labute approximate surface area is 167 Å². The van der Waals surface area contributed by atoms with Crippen LogP contribution in [0.3, 0.4) is 0 Å². The number of aromatic carboxylic acids is 1. The maximum atomic E-state index is 12.9. The normalized spacial score (nSPS) is 11.7. The maximum Gasteiger partial charge on any atom is 0.416 e.